The van der Waals surface area contributed by atoms with Gasteiger partial charge in [0.2, 0.25) is 11.8 Å². The van der Waals surface area contributed by atoms with Crippen molar-refractivity contribution in [1.29, 1.82) is 0 Å². The van der Waals surface area contributed by atoms with E-state index in [0.29, 0.717) is 36.1 Å². The van der Waals surface area contributed by atoms with E-state index in [-0.39, 0.29) is 18.9 Å². The number of ether oxygens (including phenoxy) is 2. The Hall–Kier alpha value is -3.23. The van der Waals surface area contributed by atoms with Gasteiger partial charge >= 0.3 is 0 Å². The molecule has 9 heteroatoms. The minimum absolute atomic E-state index is 0.00711. The van der Waals surface area contributed by atoms with Crippen LogP contribution < -0.4 is 14.8 Å². The van der Waals surface area contributed by atoms with Crippen molar-refractivity contribution in [3.8, 4) is 11.5 Å². The van der Waals surface area contributed by atoms with Gasteiger partial charge in [0, 0.05) is 6.54 Å². The van der Waals surface area contributed by atoms with Gasteiger partial charge in [-0.25, -0.2) is 13.2 Å². The van der Waals surface area contributed by atoms with Gasteiger partial charge in [0.05, 0.1) is 32.9 Å². The van der Waals surface area contributed by atoms with Gasteiger partial charge in [-0.15, -0.1) is 0 Å². The molecule has 2 rings (SSSR count). The van der Waals surface area contributed by atoms with E-state index >= 15 is 0 Å². The second kappa shape index (κ2) is 10.5. The van der Waals surface area contributed by atoms with Gasteiger partial charge in [0.25, 0.3) is 0 Å². The maximum atomic E-state index is 13.8. The Morgan fingerprint density at radius 2 is 1.70 bits per heavy atom. The quantitative estimate of drug-likeness (QED) is 0.626. The summed E-state index contributed by atoms with van der Waals surface area (Å²) in [4.78, 5) is 26.3. The Labute approximate surface area is 172 Å². The van der Waals surface area contributed by atoms with E-state index in [0.717, 1.165) is 6.07 Å². The average molecular weight is 424 g/mol. The molecule has 162 valence electrons. The van der Waals surface area contributed by atoms with Gasteiger partial charge in [-0.1, -0.05) is 13.0 Å². The van der Waals surface area contributed by atoms with Gasteiger partial charge in [0.1, 0.15) is 0 Å². The number of carbonyl (C=O) groups is 2. The first-order valence-corrected chi connectivity index (χ1v) is 9.22. The molecule has 0 spiro atoms. The summed E-state index contributed by atoms with van der Waals surface area (Å²) in [5, 5.41) is 2.17. The standard InChI is InChI=1S/C21H23F3N2O4/c1-4-9-26(12-18(27)25-15-7-6-14(22)20(23)21(15)24)19(28)11-13-5-8-16(29-2)17(10-13)30-3/h5-8,10H,4,9,11-12H2,1-3H3,(H,25,27). The lowest BCUT2D eigenvalue weighted by Crippen LogP contribution is -2.39. The molecule has 0 saturated carbocycles. The summed E-state index contributed by atoms with van der Waals surface area (Å²) in [5.74, 6) is -4.60. The summed E-state index contributed by atoms with van der Waals surface area (Å²) in [5.41, 5.74) is 0.161. The Morgan fingerprint density at radius 1 is 1.00 bits per heavy atom. The number of nitrogens with zero attached hydrogens (tertiary/aromatic N) is 1. The van der Waals surface area contributed by atoms with E-state index in [1.54, 1.807) is 18.2 Å². The van der Waals surface area contributed by atoms with E-state index in [1.807, 2.05) is 6.92 Å². The molecule has 0 saturated heterocycles. The van der Waals surface area contributed by atoms with Crippen LogP contribution in [-0.4, -0.2) is 44.0 Å². The Morgan fingerprint density at radius 3 is 2.33 bits per heavy atom. The number of benzene rings is 2. The van der Waals surface area contributed by atoms with Crippen LogP contribution in [0, 0.1) is 17.5 Å². The molecule has 30 heavy (non-hydrogen) atoms. The summed E-state index contributed by atoms with van der Waals surface area (Å²) in [6, 6.07) is 6.67. The second-order valence-corrected chi connectivity index (χ2v) is 6.45. The predicted molar refractivity (Wildman–Crippen MR) is 105 cm³/mol. The Kier molecular flexibility index (Phi) is 8.08. The van der Waals surface area contributed by atoms with E-state index in [9.17, 15) is 22.8 Å². The molecule has 1 N–H and O–H groups in total. The molecule has 2 aromatic rings. The second-order valence-electron chi connectivity index (χ2n) is 6.45. The fraction of sp³-hybridized carbons (Fsp3) is 0.333. The normalized spacial score (nSPS) is 10.5. The predicted octanol–water partition coefficient (Wildman–Crippen LogP) is 3.54. The molecule has 0 aliphatic heterocycles. The molecular formula is C21H23F3N2O4. The van der Waals surface area contributed by atoms with Crippen molar-refractivity contribution in [3.63, 3.8) is 0 Å². The lowest BCUT2D eigenvalue weighted by atomic mass is 10.1. The zero-order chi connectivity index (χ0) is 22.3. The molecule has 2 aromatic carbocycles. The maximum absolute atomic E-state index is 13.8. The summed E-state index contributed by atoms with van der Waals surface area (Å²) in [6.45, 7) is 1.77. The fourth-order valence-corrected chi connectivity index (χ4v) is 2.82. The van der Waals surface area contributed by atoms with Gasteiger partial charge < -0.3 is 19.7 Å². The van der Waals surface area contributed by atoms with Crippen molar-refractivity contribution in [2.75, 3.05) is 32.6 Å². The molecule has 0 fully saturated rings. The van der Waals surface area contributed by atoms with E-state index in [2.05, 4.69) is 5.32 Å². The third kappa shape index (κ3) is 5.65. The highest BCUT2D eigenvalue weighted by Crippen LogP contribution is 2.28. The third-order valence-corrected chi connectivity index (χ3v) is 4.29. The van der Waals surface area contributed by atoms with Crippen LogP contribution in [0.2, 0.25) is 0 Å². The topological polar surface area (TPSA) is 67.9 Å². The summed E-state index contributed by atoms with van der Waals surface area (Å²) in [6.07, 6.45) is 0.595. The van der Waals surface area contributed by atoms with Gasteiger partial charge in [0.15, 0.2) is 29.0 Å². The van der Waals surface area contributed by atoms with E-state index in [1.165, 1.54) is 19.1 Å². The number of hydrogen-bond donors (Lipinski definition) is 1. The van der Waals surface area contributed by atoms with Gasteiger partial charge in [-0.2, -0.15) is 0 Å². The van der Waals surface area contributed by atoms with Crippen molar-refractivity contribution < 1.29 is 32.2 Å². The fourth-order valence-electron chi connectivity index (χ4n) is 2.82. The first-order chi connectivity index (χ1) is 14.3. The lowest BCUT2D eigenvalue weighted by molar-refractivity contribution is -0.134. The number of methoxy groups -OCH3 is 2. The van der Waals surface area contributed by atoms with Crippen LogP contribution in [0.4, 0.5) is 18.9 Å². The lowest BCUT2D eigenvalue weighted by Gasteiger charge is -2.22. The van der Waals surface area contributed by atoms with Gasteiger partial charge in [-0.05, 0) is 36.2 Å². The smallest absolute Gasteiger partial charge is 0.244 e. The highest BCUT2D eigenvalue weighted by molar-refractivity contribution is 5.94. The van der Waals surface area contributed by atoms with Crippen molar-refractivity contribution in [2.45, 2.75) is 19.8 Å². The van der Waals surface area contributed by atoms with Crippen molar-refractivity contribution in [2.24, 2.45) is 0 Å². The van der Waals surface area contributed by atoms with Crippen LogP contribution in [-0.2, 0) is 16.0 Å². The highest BCUT2D eigenvalue weighted by atomic mass is 19.2. The van der Waals surface area contributed by atoms with Crippen LogP contribution in [0.5, 0.6) is 11.5 Å². The number of amides is 2. The van der Waals surface area contributed by atoms with Crippen LogP contribution in [0.15, 0.2) is 30.3 Å². The van der Waals surface area contributed by atoms with Crippen LogP contribution in [0.1, 0.15) is 18.9 Å². The maximum Gasteiger partial charge on any atom is 0.244 e. The Bertz CT molecular complexity index is 921. The molecule has 0 bridgehead atoms. The molecule has 2 amide bonds. The first-order valence-electron chi connectivity index (χ1n) is 9.22. The monoisotopic (exact) mass is 424 g/mol. The SMILES string of the molecule is CCCN(CC(=O)Nc1ccc(F)c(F)c1F)C(=O)Cc1ccc(OC)c(OC)c1. The zero-order valence-corrected chi connectivity index (χ0v) is 16.9. The molecule has 0 unspecified atom stereocenters. The number of anilines is 1. The molecular weight excluding hydrogens is 401 g/mol. The van der Waals surface area contributed by atoms with Crippen LogP contribution >= 0.6 is 0 Å². The molecule has 0 radical (unpaired) electrons. The minimum atomic E-state index is -1.68. The van der Waals surface area contributed by atoms with E-state index < -0.39 is 29.0 Å². The highest BCUT2D eigenvalue weighted by Gasteiger charge is 2.20. The average Bonchev–Trinajstić information content (AvgIpc) is 2.73. The number of rotatable bonds is 9. The Balaban J connectivity index is 2.08. The largest absolute Gasteiger partial charge is 0.493 e. The molecule has 0 atom stereocenters. The third-order valence-electron chi connectivity index (χ3n) is 4.29. The number of carbonyl (C=O) groups excluding carboxylic acids is 2. The first kappa shape index (κ1) is 23.1. The number of hydrogen-bond acceptors (Lipinski definition) is 4. The van der Waals surface area contributed by atoms with Crippen molar-refractivity contribution >= 4 is 17.5 Å². The minimum Gasteiger partial charge on any atom is -0.493 e. The van der Waals surface area contributed by atoms with Gasteiger partial charge in [-0.3, -0.25) is 9.59 Å². The van der Waals surface area contributed by atoms with E-state index in [4.69, 9.17) is 9.47 Å². The van der Waals surface area contributed by atoms with Crippen LogP contribution in [0.3, 0.4) is 0 Å². The van der Waals surface area contributed by atoms with Crippen molar-refractivity contribution in [3.05, 3.63) is 53.3 Å². The number of nitrogens with one attached hydrogen (secondary N) is 1. The molecule has 0 aliphatic carbocycles. The molecule has 0 heterocycles. The van der Waals surface area contributed by atoms with Crippen molar-refractivity contribution in [1.82, 2.24) is 4.90 Å². The summed E-state index contributed by atoms with van der Waals surface area (Å²) in [7, 11) is 2.98. The zero-order valence-electron chi connectivity index (χ0n) is 16.9. The summed E-state index contributed by atoms with van der Waals surface area (Å²) < 4.78 is 50.5. The number of halogens is 3. The molecule has 6 nitrogen and oxygen atoms in total. The molecule has 0 aromatic heterocycles. The summed E-state index contributed by atoms with van der Waals surface area (Å²) >= 11 is 0. The van der Waals surface area contributed by atoms with Crippen LogP contribution in [0.25, 0.3) is 0 Å². The molecule has 0 aliphatic rings.